The zero-order chi connectivity index (χ0) is 12.4. The molecule has 0 saturated carbocycles. The molecule has 1 aliphatic rings. The Bertz CT molecular complexity index is 495. The summed E-state index contributed by atoms with van der Waals surface area (Å²) in [4.78, 5) is 13.4. The van der Waals surface area contributed by atoms with Crippen LogP contribution in [0.3, 0.4) is 0 Å². The van der Waals surface area contributed by atoms with Gasteiger partial charge in [0.1, 0.15) is 18.4 Å². The molecule has 0 bridgehead atoms. The summed E-state index contributed by atoms with van der Waals surface area (Å²) in [5.74, 6) is -0.577. The van der Waals surface area contributed by atoms with Crippen LogP contribution in [0.4, 0.5) is 10.1 Å². The summed E-state index contributed by atoms with van der Waals surface area (Å²) in [6, 6.07) is 5.58. The number of halogens is 1. The minimum Gasteiger partial charge on any atom is -0.302 e. The number of anilines is 1. The Labute approximate surface area is 98.6 Å². The van der Waals surface area contributed by atoms with Crippen molar-refractivity contribution in [2.75, 3.05) is 18.0 Å². The zero-order valence-corrected chi connectivity index (χ0v) is 9.40. The van der Waals surface area contributed by atoms with E-state index in [1.54, 1.807) is 0 Å². The number of fused-ring (bicyclic) bond motifs is 1. The molecule has 1 aromatic rings. The number of carbonyl (C=O) groups is 1. The number of rotatable bonds is 3. The lowest BCUT2D eigenvalue weighted by Gasteiger charge is -2.13. The van der Waals surface area contributed by atoms with Gasteiger partial charge in [-0.1, -0.05) is 6.92 Å². The quantitative estimate of drug-likeness (QED) is 0.802. The lowest BCUT2D eigenvalue weighted by atomic mass is 10.1. The van der Waals surface area contributed by atoms with Crippen molar-refractivity contribution in [3.63, 3.8) is 0 Å². The van der Waals surface area contributed by atoms with E-state index in [0.717, 1.165) is 0 Å². The molecule has 1 unspecified atom stereocenters. The van der Waals surface area contributed by atoms with Crippen LogP contribution in [-0.4, -0.2) is 19.0 Å². The number of hydrogen-bond acceptors (Lipinski definition) is 3. The second-order valence-corrected chi connectivity index (χ2v) is 3.78. The van der Waals surface area contributed by atoms with Crippen LogP contribution in [0.2, 0.25) is 0 Å². The Kier molecular flexibility index (Phi) is 3.07. The fourth-order valence-electron chi connectivity index (χ4n) is 2.05. The molecule has 5 heteroatoms. The van der Waals surface area contributed by atoms with Gasteiger partial charge in [0.25, 0.3) is 0 Å². The minimum absolute atomic E-state index is 0.0145. The topological polar surface area (TPSA) is 56.1 Å². The molecule has 1 amide bonds. The highest BCUT2D eigenvalue weighted by Crippen LogP contribution is 2.35. The number of carbonyl (C=O) groups excluding carboxylic acids is 1. The molecular weight excluding hydrogens is 221 g/mol. The lowest BCUT2D eigenvalue weighted by molar-refractivity contribution is -0.119. The van der Waals surface area contributed by atoms with Crippen molar-refractivity contribution in [1.29, 1.82) is 5.26 Å². The van der Waals surface area contributed by atoms with Gasteiger partial charge in [-0.05, 0) is 24.7 Å². The van der Waals surface area contributed by atoms with Gasteiger partial charge in [0.2, 0.25) is 5.91 Å². The minimum atomic E-state index is -0.543. The van der Waals surface area contributed by atoms with Crippen molar-refractivity contribution in [2.24, 2.45) is 0 Å². The highest BCUT2D eigenvalue weighted by molar-refractivity contribution is 6.04. The molecule has 2 rings (SSSR count). The first kappa shape index (κ1) is 11.6. The first-order chi connectivity index (χ1) is 8.19. The van der Waals surface area contributed by atoms with Crippen molar-refractivity contribution >= 4 is 11.6 Å². The Morgan fingerprint density at radius 1 is 1.59 bits per heavy atom. The van der Waals surface area contributed by atoms with Gasteiger partial charge in [-0.3, -0.25) is 9.69 Å². The van der Waals surface area contributed by atoms with Crippen LogP contribution in [0.25, 0.3) is 0 Å². The number of likely N-dealkylation sites (N-methyl/N-ethyl adjacent to an activating group) is 1. The summed E-state index contributed by atoms with van der Waals surface area (Å²) in [6.07, 6.45) is 0. The van der Waals surface area contributed by atoms with E-state index >= 15 is 0 Å². The van der Waals surface area contributed by atoms with Gasteiger partial charge in [0.05, 0.1) is 11.8 Å². The summed E-state index contributed by atoms with van der Waals surface area (Å²) in [5.41, 5.74) is 1.22. The fourth-order valence-corrected chi connectivity index (χ4v) is 2.05. The van der Waals surface area contributed by atoms with E-state index in [1.165, 1.54) is 23.1 Å². The van der Waals surface area contributed by atoms with Crippen LogP contribution >= 0.6 is 0 Å². The third-order valence-electron chi connectivity index (χ3n) is 2.74. The maximum atomic E-state index is 13.2. The lowest BCUT2D eigenvalue weighted by Crippen LogP contribution is -2.34. The van der Waals surface area contributed by atoms with Crippen molar-refractivity contribution in [3.05, 3.63) is 29.6 Å². The first-order valence-electron chi connectivity index (χ1n) is 5.40. The fraction of sp³-hybridized carbons (Fsp3) is 0.333. The maximum absolute atomic E-state index is 13.2. The molecule has 1 heterocycles. The summed E-state index contributed by atoms with van der Waals surface area (Å²) in [6.45, 7) is 2.46. The Balaban J connectivity index is 2.46. The van der Waals surface area contributed by atoms with Crippen LogP contribution in [0.15, 0.2) is 18.2 Å². The van der Waals surface area contributed by atoms with Gasteiger partial charge in [-0.25, -0.2) is 4.39 Å². The molecule has 1 atom stereocenters. The van der Waals surface area contributed by atoms with Crippen LogP contribution in [0.5, 0.6) is 0 Å². The molecule has 0 saturated heterocycles. The first-order valence-corrected chi connectivity index (χ1v) is 5.40. The van der Waals surface area contributed by atoms with Gasteiger partial charge in [0, 0.05) is 5.56 Å². The van der Waals surface area contributed by atoms with Crippen molar-refractivity contribution in [2.45, 2.75) is 13.0 Å². The molecule has 0 spiro atoms. The Morgan fingerprint density at radius 3 is 3.00 bits per heavy atom. The maximum Gasteiger partial charge on any atom is 0.249 e. The van der Waals surface area contributed by atoms with E-state index in [2.05, 4.69) is 5.32 Å². The van der Waals surface area contributed by atoms with E-state index in [0.29, 0.717) is 17.8 Å². The predicted molar refractivity (Wildman–Crippen MR) is 60.8 cm³/mol. The van der Waals surface area contributed by atoms with Gasteiger partial charge in [0.15, 0.2) is 0 Å². The standard InChI is InChI=1S/C12H12FN3O/c1-2-15-11-9-7-8(13)3-4-10(9)16(6-5-14)12(11)17/h3-4,7,11,15H,2,6H2,1H3. The van der Waals surface area contributed by atoms with Crippen molar-refractivity contribution in [1.82, 2.24) is 5.32 Å². The number of nitrogens with zero attached hydrogens (tertiary/aromatic N) is 2. The van der Waals surface area contributed by atoms with E-state index < -0.39 is 6.04 Å². The van der Waals surface area contributed by atoms with E-state index in [4.69, 9.17) is 5.26 Å². The zero-order valence-electron chi connectivity index (χ0n) is 9.40. The third kappa shape index (κ3) is 1.87. The molecule has 1 N–H and O–H groups in total. The molecule has 0 fully saturated rings. The summed E-state index contributed by atoms with van der Waals surface area (Å²) in [5, 5.41) is 11.7. The number of nitrogens with one attached hydrogen (secondary N) is 1. The average molecular weight is 233 g/mol. The van der Waals surface area contributed by atoms with Gasteiger partial charge in [-0.2, -0.15) is 5.26 Å². The number of benzene rings is 1. The molecule has 1 aromatic carbocycles. The van der Waals surface area contributed by atoms with E-state index in [1.807, 2.05) is 13.0 Å². The van der Waals surface area contributed by atoms with Gasteiger partial charge in [-0.15, -0.1) is 0 Å². The second-order valence-electron chi connectivity index (χ2n) is 3.78. The molecule has 4 nitrogen and oxygen atoms in total. The number of hydrogen-bond donors (Lipinski definition) is 1. The summed E-state index contributed by atoms with van der Waals surface area (Å²) in [7, 11) is 0. The average Bonchev–Trinajstić information content (AvgIpc) is 2.55. The largest absolute Gasteiger partial charge is 0.302 e. The normalized spacial score (nSPS) is 18.1. The molecule has 0 radical (unpaired) electrons. The van der Waals surface area contributed by atoms with Crippen LogP contribution in [-0.2, 0) is 4.79 Å². The van der Waals surface area contributed by atoms with Crippen LogP contribution < -0.4 is 10.2 Å². The predicted octanol–water partition coefficient (Wildman–Crippen LogP) is 1.35. The molecule has 88 valence electrons. The number of amides is 1. The van der Waals surface area contributed by atoms with Crippen LogP contribution in [0, 0.1) is 17.1 Å². The van der Waals surface area contributed by atoms with Gasteiger partial charge >= 0.3 is 0 Å². The third-order valence-corrected chi connectivity index (χ3v) is 2.74. The SMILES string of the molecule is CCNC1C(=O)N(CC#N)c2ccc(F)cc21. The van der Waals surface area contributed by atoms with E-state index in [9.17, 15) is 9.18 Å². The summed E-state index contributed by atoms with van der Waals surface area (Å²) >= 11 is 0. The molecule has 0 aliphatic carbocycles. The van der Waals surface area contributed by atoms with E-state index in [-0.39, 0.29) is 18.3 Å². The molecule has 1 aliphatic heterocycles. The molecule has 0 aromatic heterocycles. The number of nitriles is 1. The van der Waals surface area contributed by atoms with Crippen molar-refractivity contribution < 1.29 is 9.18 Å². The molecule has 17 heavy (non-hydrogen) atoms. The Hall–Kier alpha value is -1.93. The highest BCUT2D eigenvalue weighted by atomic mass is 19.1. The monoisotopic (exact) mass is 233 g/mol. The van der Waals surface area contributed by atoms with Crippen LogP contribution in [0.1, 0.15) is 18.5 Å². The Morgan fingerprint density at radius 2 is 2.35 bits per heavy atom. The van der Waals surface area contributed by atoms with Gasteiger partial charge < -0.3 is 5.32 Å². The summed E-state index contributed by atoms with van der Waals surface area (Å²) < 4.78 is 13.2. The highest BCUT2D eigenvalue weighted by Gasteiger charge is 2.36. The molecular formula is C12H12FN3O. The smallest absolute Gasteiger partial charge is 0.249 e. The second kappa shape index (κ2) is 4.52. The van der Waals surface area contributed by atoms with Crippen molar-refractivity contribution in [3.8, 4) is 6.07 Å².